The van der Waals surface area contributed by atoms with Crippen LogP contribution in [0.25, 0.3) is 10.4 Å². The minimum absolute atomic E-state index is 0.0111. The summed E-state index contributed by atoms with van der Waals surface area (Å²) in [6.07, 6.45) is 2.91. The van der Waals surface area contributed by atoms with Crippen molar-refractivity contribution >= 4 is 52.2 Å². The lowest BCUT2D eigenvalue weighted by atomic mass is 9.96. The number of halogens is 2. The van der Waals surface area contributed by atoms with E-state index >= 15 is 0 Å². The zero-order valence-electron chi connectivity index (χ0n) is 16.0. The van der Waals surface area contributed by atoms with E-state index in [-0.39, 0.29) is 17.7 Å². The van der Waals surface area contributed by atoms with Crippen LogP contribution >= 0.6 is 34.5 Å². The third kappa shape index (κ3) is 4.83. The van der Waals surface area contributed by atoms with Crippen molar-refractivity contribution in [1.29, 1.82) is 0 Å². The molecule has 30 heavy (non-hydrogen) atoms. The van der Waals surface area contributed by atoms with E-state index in [1.54, 1.807) is 24.4 Å². The van der Waals surface area contributed by atoms with Gasteiger partial charge in [-0.15, -0.1) is 11.3 Å². The highest BCUT2D eigenvalue weighted by Crippen LogP contribution is 2.33. The van der Waals surface area contributed by atoms with Crippen LogP contribution in [0.1, 0.15) is 22.5 Å². The number of amides is 2. The fraction of sp³-hybridized carbons (Fsp3) is 0.227. The van der Waals surface area contributed by atoms with Crippen molar-refractivity contribution in [3.63, 3.8) is 0 Å². The molecule has 3 aromatic rings. The number of rotatable bonds is 4. The maximum Gasteiger partial charge on any atom is 0.263 e. The Morgan fingerprint density at radius 3 is 2.43 bits per heavy atom. The van der Waals surface area contributed by atoms with Gasteiger partial charge >= 0.3 is 0 Å². The van der Waals surface area contributed by atoms with Gasteiger partial charge in [-0.05, 0) is 60.9 Å². The normalized spacial score (nSPS) is 14.5. The number of benzene rings is 1. The second kappa shape index (κ2) is 9.16. The number of carbonyl (C=O) groups excluding carboxylic acids is 2. The first-order valence-electron chi connectivity index (χ1n) is 9.57. The number of pyridine rings is 1. The van der Waals surface area contributed by atoms with Crippen LogP contribution in [-0.2, 0) is 4.79 Å². The number of anilines is 1. The van der Waals surface area contributed by atoms with Gasteiger partial charge in [0.05, 0.1) is 4.88 Å². The number of thiophene rings is 1. The number of aromatic nitrogens is 1. The molecule has 0 saturated carbocycles. The van der Waals surface area contributed by atoms with Gasteiger partial charge < -0.3 is 10.2 Å². The molecule has 0 unspecified atom stereocenters. The quantitative estimate of drug-likeness (QED) is 0.551. The second-order valence-electron chi connectivity index (χ2n) is 7.09. The third-order valence-electron chi connectivity index (χ3n) is 5.03. The predicted molar refractivity (Wildman–Crippen MR) is 121 cm³/mol. The molecule has 2 amide bonds. The van der Waals surface area contributed by atoms with E-state index in [0.29, 0.717) is 46.7 Å². The van der Waals surface area contributed by atoms with Crippen LogP contribution in [0, 0.1) is 5.92 Å². The molecule has 0 radical (unpaired) electrons. The highest BCUT2D eigenvalue weighted by Gasteiger charge is 2.28. The second-order valence-corrected chi connectivity index (χ2v) is 9.05. The van der Waals surface area contributed by atoms with E-state index in [1.165, 1.54) is 11.3 Å². The molecule has 1 saturated heterocycles. The lowest BCUT2D eigenvalue weighted by Crippen LogP contribution is -2.41. The van der Waals surface area contributed by atoms with Gasteiger partial charge in [0.25, 0.3) is 5.91 Å². The van der Waals surface area contributed by atoms with Crippen LogP contribution in [0.4, 0.5) is 5.82 Å². The van der Waals surface area contributed by atoms with E-state index in [1.807, 2.05) is 35.2 Å². The molecule has 3 heterocycles. The fourth-order valence-electron chi connectivity index (χ4n) is 3.47. The summed E-state index contributed by atoms with van der Waals surface area (Å²) < 4.78 is 0. The third-order valence-corrected chi connectivity index (χ3v) is 6.59. The summed E-state index contributed by atoms with van der Waals surface area (Å²) in [5, 5.41) is 3.96. The lowest BCUT2D eigenvalue weighted by Gasteiger charge is -2.31. The van der Waals surface area contributed by atoms with E-state index in [9.17, 15) is 9.59 Å². The molecule has 1 aliphatic heterocycles. The van der Waals surface area contributed by atoms with Crippen molar-refractivity contribution in [2.45, 2.75) is 12.8 Å². The lowest BCUT2D eigenvalue weighted by molar-refractivity contribution is -0.121. The Labute approximate surface area is 188 Å². The molecule has 5 nitrogen and oxygen atoms in total. The maximum absolute atomic E-state index is 12.9. The van der Waals surface area contributed by atoms with Crippen molar-refractivity contribution in [3.05, 3.63) is 69.7 Å². The molecule has 1 aliphatic rings. The molecule has 0 aliphatic carbocycles. The monoisotopic (exact) mass is 459 g/mol. The molecule has 0 bridgehead atoms. The Kier molecular flexibility index (Phi) is 6.37. The minimum Gasteiger partial charge on any atom is -0.338 e. The molecule has 1 aromatic carbocycles. The Hall–Kier alpha value is -2.41. The number of piperidine rings is 1. The number of likely N-dealkylation sites (tertiary alicyclic amines) is 1. The maximum atomic E-state index is 12.9. The van der Waals surface area contributed by atoms with Gasteiger partial charge in [0, 0.05) is 40.1 Å². The Balaban J connectivity index is 1.36. The minimum atomic E-state index is -0.122. The summed E-state index contributed by atoms with van der Waals surface area (Å²) in [6.45, 7) is 1.10. The Bertz CT molecular complexity index is 1040. The first-order valence-corrected chi connectivity index (χ1v) is 11.1. The first kappa shape index (κ1) is 20.8. The highest BCUT2D eigenvalue weighted by atomic mass is 35.5. The van der Waals surface area contributed by atoms with Crippen molar-refractivity contribution in [3.8, 4) is 10.4 Å². The van der Waals surface area contributed by atoms with Gasteiger partial charge in [-0.2, -0.15) is 0 Å². The molecule has 0 spiro atoms. The molecule has 1 fully saturated rings. The zero-order chi connectivity index (χ0) is 21.1. The van der Waals surface area contributed by atoms with Gasteiger partial charge in [0.1, 0.15) is 5.82 Å². The molecule has 1 N–H and O–H groups in total. The van der Waals surface area contributed by atoms with E-state index in [0.717, 1.165) is 10.4 Å². The molecule has 0 atom stereocenters. The molecular weight excluding hydrogens is 441 g/mol. The number of carbonyl (C=O) groups is 2. The van der Waals surface area contributed by atoms with Crippen LogP contribution in [-0.4, -0.2) is 34.8 Å². The smallest absolute Gasteiger partial charge is 0.263 e. The number of nitrogens with zero attached hydrogens (tertiary/aromatic N) is 2. The largest absolute Gasteiger partial charge is 0.338 e. The van der Waals surface area contributed by atoms with Crippen molar-refractivity contribution < 1.29 is 9.59 Å². The van der Waals surface area contributed by atoms with E-state index < -0.39 is 0 Å². The average Bonchev–Trinajstić information content (AvgIpc) is 3.24. The van der Waals surface area contributed by atoms with Crippen LogP contribution in [0.3, 0.4) is 0 Å². The van der Waals surface area contributed by atoms with E-state index in [4.69, 9.17) is 23.2 Å². The molecule has 2 aromatic heterocycles. The zero-order valence-corrected chi connectivity index (χ0v) is 18.3. The van der Waals surface area contributed by atoms with Crippen molar-refractivity contribution in [2.24, 2.45) is 5.92 Å². The topological polar surface area (TPSA) is 62.3 Å². The molecule has 8 heteroatoms. The van der Waals surface area contributed by atoms with Crippen molar-refractivity contribution in [1.82, 2.24) is 9.88 Å². The Morgan fingerprint density at radius 1 is 1.03 bits per heavy atom. The summed E-state index contributed by atoms with van der Waals surface area (Å²) >= 11 is 13.6. The summed E-state index contributed by atoms with van der Waals surface area (Å²) in [4.78, 5) is 32.9. The summed E-state index contributed by atoms with van der Waals surface area (Å²) in [5.41, 5.74) is 0.890. The molecular formula is C22H19Cl2N3O2S. The van der Waals surface area contributed by atoms with Gasteiger partial charge in [-0.25, -0.2) is 4.98 Å². The van der Waals surface area contributed by atoms with Gasteiger partial charge in [0.2, 0.25) is 5.91 Å². The number of hydrogen-bond acceptors (Lipinski definition) is 4. The van der Waals surface area contributed by atoms with Crippen molar-refractivity contribution in [2.75, 3.05) is 18.4 Å². The van der Waals surface area contributed by atoms with Crippen LogP contribution in [0.15, 0.2) is 54.7 Å². The summed E-state index contributed by atoms with van der Waals surface area (Å²) in [6, 6.07) is 14.5. The molecule has 154 valence electrons. The van der Waals surface area contributed by atoms with Gasteiger partial charge in [0.15, 0.2) is 0 Å². The summed E-state index contributed by atoms with van der Waals surface area (Å²) in [7, 11) is 0. The summed E-state index contributed by atoms with van der Waals surface area (Å²) in [5.74, 6) is 0.372. The Morgan fingerprint density at radius 2 is 1.77 bits per heavy atom. The van der Waals surface area contributed by atoms with Crippen LogP contribution in [0.2, 0.25) is 10.0 Å². The highest BCUT2D eigenvalue weighted by molar-refractivity contribution is 7.17. The van der Waals surface area contributed by atoms with E-state index in [2.05, 4.69) is 10.3 Å². The average molecular weight is 460 g/mol. The standard InChI is InChI=1S/C22H19Cl2N3O2S/c23-16-11-15(12-17(24)13-16)18-4-5-19(30-18)22(29)27-9-6-14(7-10-27)21(28)26-20-3-1-2-8-25-20/h1-5,8,11-14H,6-7,9-10H2,(H,25,26,28). The SMILES string of the molecule is O=C(Nc1ccccn1)C1CCN(C(=O)c2ccc(-c3cc(Cl)cc(Cl)c3)s2)CC1. The van der Waals surface area contributed by atoms with Gasteiger partial charge in [-0.3, -0.25) is 9.59 Å². The predicted octanol–water partition coefficient (Wildman–Crippen LogP) is 5.61. The first-order chi connectivity index (χ1) is 14.5. The fourth-order valence-corrected chi connectivity index (χ4v) is 4.96. The van der Waals surface area contributed by atoms with Crippen LogP contribution < -0.4 is 5.32 Å². The van der Waals surface area contributed by atoms with Crippen LogP contribution in [0.5, 0.6) is 0 Å². The number of nitrogens with one attached hydrogen (secondary N) is 1. The number of hydrogen-bond donors (Lipinski definition) is 1. The van der Waals surface area contributed by atoms with Gasteiger partial charge in [-0.1, -0.05) is 29.3 Å². The molecule has 4 rings (SSSR count).